The smallest absolute Gasteiger partial charge is 0.264 e. The second kappa shape index (κ2) is 9.77. The lowest BCUT2D eigenvalue weighted by molar-refractivity contribution is 0.102. The van der Waals surface area contributed by atoms with E-state index < -0.39 is 10.0 Å². The number of benzene rings is 3. The van der Waals surface area contributed by atoms with Gasteiger partial charge in [-0.15, -0.1) is 0 Å². The molecule has 0 aliphatic carbocycles. The zero-order valence-corrected chi connectivity index (χ0v) is 20.4. The van der Waals surface area contributed by atoms with Gasteiger partial charge in [0, 0.05) is 25.7 Å². The van der Waals surface area contributed by atoms with Crippen LogP contribution >= 0.6 is 0 Å². The van der Waals surface area contributed by atoms with E-state index in [-0.39, 0.29) is 10.8 Å². The third-order valence-electron chi connectivity index (χ3n) is 6.14. The van der Waals surface area contributed by atoms with Crippen molar-refractivity contribution in [2.45, 2.75) is 24.7 Å². The number of carbonyl (C=O) groups excluding carboxylic acids is 1. The Bertz CT molecular complexity index is 1300. The topological polar surface area (TPSA) is 78.9 Å². The van der Waals surface area contributed by atoms with E-state index in [0.717, 1.165) is 31.6 Å². The third-order valence-corrected chi connectivity index (χ3v) is 7.90. The summed E-state index contributed by atoms with van der Waals surface area (Å²) in [5.74, 6) is 0.0957. The van der Waals surface area contributed by atoms with Crippen LogP contribution in [0.15, 0.2) is 71.6 Å². The van der Waals surface area contributed by atoms with Gasteiger partial charge < -0.3 is 15.0 Å². The summed E-state index contributed by atoms with van der Waals surface area (Å²) in [4.78, 5) is 15.6. The average Bonchev–Trinajstić information content (AvgIpc) is 3.38. The minimum atomic E-state index is -3.93. The van der Waals surface area contributed by atoms with Crippen molar-refractivity contribution >= 4 is 33.0 Å². The molecule has 4 rings (SSSR count). The molecule has 8 heteroatoms. The van der Waals surface area contributed by atoms with E-state index >= 15 is 0 Å². The summed E-state index contributed by atoms with van der Waals surface area (Å²) in [6.07, 6.45) is 2.25. The molecule has 3 aromatic carbocycles. The SMILES string of the molecule is COc1ccccc1N(C)S(=O)(=O)c1ccc(C)c(C(=O)Nc2ccccc2N2CCCC2)c1. The second-order valence-electron chi connectivity index (χ2n) is 8.29. The molecule has 0 spiro atoms. The van der Waals surface area contributed by atoms with Gasteiger partial charge in [-0.25, -0.2) is 8.42 Å². The van der Waals surface area contributed by atoms with Crippen molar-refractivity contribution in [1.82, 2.24) is 0 Å². The molecule has 3 aromatic rings. The van der Waals surface area contributed by atoms with Crippen LogP contribution in [0, 0.1) is 6.92 Å². The van der Waals surface area contributed by atoms with Crippen molar-refractivity contribution < 1.29 is 17.9 Å². The number of carbonyl (C=O) groups is 1. The highest BCUT2D eigenvalue weighted by Gasteiger charge is 2.26. The summed E-state index contributed by atoms with van der Waals surface area (Å²) >= 11 is 0. The largest absolute Gasteiger partial charge is 0.495 e. The van der Waals surface area contributed by atoms with Crippen LogP contribution in [0.3, 0.4) is 0 Å². The van der Waals surface area contributed by atoms with Crippen LogP contribution in [0.25, 0.3) is 0 Å². The van der Waals surface area contributed by atoms with Crippen molar-refractivity contribution in [2.24, 2.45) is 0 Å². The van der Waals surface area contributed by atoms with Crippen LogP contribution < -0.4 is 19.3 Å². The number of nitrogens with zero attached hydrogens (tertiary/aromatic N) is 2. The summed E-state index contributed by atoms with van der Waals surface area (Å²) in [6.45, 7) is 3.70. The predicted octanol–water partition coefficient (Wildman–Crippen LogP) is 4.68. The van der Waals surface area contributed by atoms with Gasteiger partial charge in [-0.2, -0.15) is 0 Å². The molecule has 7 nitrogen and oxygen atoms in total. The molecular weight excluding hydrogens is 450 g/mol. The molecule has 0 atom stereocenters. The van der Waals surface area contributed by atoms with Crippen LogP contribution in [-0.2, 0) is 10.0 Å². The van der Waals surface area contributed by atoms with Gasteiger partial charge in [-0.3, -0.25) is 9.10 Å². The number of hydrogen-bond acceptors (Lipinski definition) is 5. The van der Waals surface area contributed by atoms with Gasteiger partial charge in [0.25, 0.3) is 15.9 Å². The molecule has 1 N–H and O–H groups in total. The Balaban J connectivity index is 1.64. The molecular formula is C26H29N3O4S. The normalized spacial score (nSPS) is 13.6. The standard InChI is InChI=1S/C26H29N3O4S/c1-19-14-15-20(34(31,32)28(2)24-12-6-7-13-25(24)33-3)18-21(19)26(30)27-22-10-4-5-11-23(22)29-16-8-9-17-29/h4-7,10-15,18H,8-9,16-17H2,1-3H3,(H,27,30). The van der Waals surface area contributed by atoms with Crippen molar-refractivity contribution in [3.05, 3.63) is 77.9 Å². The number of amides is 1. The van der Waals surface area contributed by atoms with E-state index in [2.05, 4.69) is 10.2 Å². The molecule has 1 fully saturated rings. The van der Waals surface area contributed by atoms with Gasteiger partial charge in [0.15, 0.2) is 0 Å². The fourth-order valence-electron chi connectivity index (χ4n) is 4.19. The Labute approximate surface area is 201 Å². The number of sulfonamides is 1. The molecule has 0 bridgehead atoms. The van der Waals surface area contributed by atoms with Gasteiger partial charge in [0.05, 0.1) is 29.1 Å². The van der Waals surface area contributed by atoms with Crippen molar-refractivity contribution in [2.75, 3.05) is 41.8 Å². The van der Waals surface area contributed by atoms with Crippen LogP contribution in [0.1, 0.15) is 28.8 Å². The molecule has 0 unspecified atom stereocenters. The maximum absolute atomic E-state index is 13.4. The lowest BCUT2D eigenvalue weighted by Crippen LogP contribution is -2.27. The summed E-state index contributed by atoms with van der Waals surface area (Å²) < 4.78 is 33.3. The zero-order valence-electron chi connectivity index (χ0n) is 19.6. The molecule has 0 aromatic heterocycles. The molecule has 178 valence electrons. The molecule has 1 saturated heterocycles. The van der Waals surface area contributed by atoms with Crippen LogP contribution in [-0.4, -0.2) is 41.6 Å². The first kappa shape index (κ1) is 23.6. The highest BCUT2D eigenvalue weighted by molar-refractivity contribution is 7.92. The van der Waals surface area contributed by atoms with Crippen molar-refractivity contribution in [3.8, 4) is 5.75 Å². The van der Waals surface area contributed by atoms with E-state index in [1.54, 1.807) is 37.3 Å². The molecule has 1 aliphatic rings. The van der Waals surface area contributed by atoms with Crippen LogP contribution in [0.4, 0.5) is 17.1 Å². The summed E-state index contributed by atoms with van der Waals surface area (Å²) in [5.41, 5.74) is 3.11. The quantitative estimate of drug-likeness (QED) is 0.532. The van der Waals surface area contributed by atoms with Gasteiger partial charge in [0.1, 0.15) is 5.75 Å². The van der Waals surface area contributed by atoms with Gasteiger partial charge >= 0.3 is 0 Å². The number of rotatable bonds is 7. The first-order valence-electron chi connectivity index (χ1n) is 11.2. The second-order valence-corrected chi connectivity index (χ2v) is 10.3. The predicted molar refractivity (Wildman–Crippen MR) is 136 cm³/mol. The number of aryl methyl sites for hydroxylation is 1. The number of anilines is 3. The fourth-order valence-corrected chi connectivity index (χ4v) is 5.42. The molecule has 1 heterocycles. The fraction of sp³-hybridized carbons (Fsp3) is 0.269. The highest BCUT2D eigenvalue weighted by atomic mass is 32.2. The summed E-state index contributed by atoms with van der Waals surface area (Å²) in [7, 11) is -0.961. The van der Waals surface area contributed by atoms with E-state index in [9.17, 15) is 13.2 Å². The number of nitrogens with one attached hydrogen (secondary N) is 1. The monoisotopic (exact) mass is 479 g/mol. The number of ether oxygens (including phenoxy) is 1. The summed E-state index contributed by atoms with van der Waals surface area (Å²) in [5, 5.41) is 2.99. The Hall–Kier alpha value is -3.52. The first-order valence-corrected chi connectivity index (χ1v) is 12.6. The van der Waals surface area contributed by atoms with Crippen LogP contribution in [0.5, 0.6) is 5.75 Å². The van der Waals surface area contributed by atoms with E-state index in [0.29, 0.717) is 28.3 Å². The van der Waals surface area contributed by atoms with Crippen LogP contribution in [0.2, 0.25) is 0 Å². The average molecular weight is 480 g/mol. The highest BCUT2D eigenvalue weighted by Crippen LogP contribution is 2.32. The van der Waals surface area contributed by atoms with Gasteiger partial charge in [-0.05, 0) is 61.7 Å². The van der Waals surface area contributed by atoms with E-state index in [4.69, 9.17) is 4.74 Å². The number of hydrogen-bond donors (Lipinski definition) is 1. The minimum Gasteiger partial charge on any atom is -0.495 e. The Morgan fingerprint density at radius 1 is 1.00 bits per heavy atom. The number of para-hydroxylation sites is 4. The maximum Gasteiger partial charge on any atom is 0.264 e. The molecule has 1 amide bonds. The molecule has 0 radical (unpaired) electrons. The summed E-state index contributed by atoms with van der Waals surface area (Å²) in [6, 6.07) is 19.2. The third kappa shape index (κ3) is 4.59. The first-order chi connectivity index (χ1) is 16.3. The van der Waals surface area contributed by atoms with Crippen molar-refractivity contribution in [3.63, 3.8) is 0 Å². The van der Waals surface area contributed by atoms with Gasteiger partial charge in [0.2, 0.25) is 0 Å². The van der Waals surface area contributed by atoms with Crippen molar-refractivity contribution in [1.29, 1.82) is 0 Å². The lowest BCUT2D eigenvalue weighted by Gasteiger charge is -2.23. The minimum absolute atomic E-state index is 0.0319. The molecule has 0 saturated carbocycles. The maximum atomic E-state index is 13.4. The molecule has 34 heavy (non-hydrogen) atoms. The Kier molecular flexibility index (Phi) is 6.79. The lowest BCUT2D eigenvalue weighted by atomic mass is 10.1. The van der Waals surface area contributed by atoms with E-state index in [1.165, 1.54) is 30.6 Å². The number of methoxy groups -OCH3 is 1. The Morgan fingerprint density at radius 3 is 2.41 bits per heavy atom. The zero-order chi connectivity index (χ0) is 24.3. The Morgan fingerprint density at radius 2 is 1.68 bits per heavy atom. The van der Waals surface area contributed by atoms with E-state index in [1.807, 2.05) is 24.3 Å². The molecule has 1 aliphatic heterocycles. The van der Waals surface area contributed by atoms with Gasteiger partial charge in [-0.1, -0.05) is 30.3 Å².